The Kier molecular flexibility index (Phi) is 7.40. The van der Waals surface area contributed by atoms with Crippen molar-refractivity contribution in [2.45, 2.75) is 39.7 Å². The molecule has 1 amide bonds. The minimum absolute atomic E-state index is 0.0331. The molecule has 1 N–H and O–H groups in total. The standard InChI is InChI=1S/C28H31N3O2/c1-21-10-8-15-26(22(21)2)33-19-9-18-31-25-14-7-6-13-24(25)30-27(31)16-17-29-28(32)20-23-11-4-3-5-12-23/h3-8,10-15H,9,16-20H2,1-2H3,(H,29,32). The number of imidazole rings is 1. The fourth-order valence-corrected chi connectivity index (χ4v) is 4.01. The second-order valence-electron chi connectivity index (χ2n) is 8.33. The lowest BCUT2D eigenvalue weighted by Crippen LogP contribution is -2.28. The van der Waals surface area contributed by atoms with Crippen LogP contribution in [0.3, 0.4) is 0 Å². The molecule has 33 heavy (non-hydrogen) atoms. The van der Waals surface area contributed by atoms with Gasteiger partial charge in [-0.25, -0.2) is 4.98 Å². The van der Waals surface area contributed by atoms with E-state index in [0.29, 0.717) is 26.0 Å². The van der Waals surface area contributed by atoms with Crippen LogP contribution in [0.5, 0.6) is 5.75 Å². The summed E-state index contributed by atoms with van der Waals surface area (Å²) in [6.45, 7) is 6.22. The van der Waals surface area contributed by atoms with Crippen molar-refractivity contribution in [3.63, 3.8) is 0 Å². The maximum Gasteiger partial charge on any atom is 0.224 e. The molecule has 5 heteroatoms. The van der Waals surface area contributed by atoms with Gasteiger partial charge in [-0.1, -0.05) is 54.6 Å². The van der Waals surface area contributed by atoms with Crippen molar-refractivity contribution in [1.29, 1.82) is 0 Å². The Labute approximate surface area is 195 Å². The van der Waals surface area contributed by atoms with E-state index in [2.05, 4.69) is 35.9 Å². The van der Waals surface area contributed by atoms with Crippen molar-refractivity contribution in [3.8, 4) is 5.75 Å². The third-order valence-corrected chi connectivity index (χ3v) is 5.95. The number of carbonyl (C=O) groups excluding carboxylic acids is 1. The summed E-state index contributed by atoms with van der Waals surface area (Å²) < 4.78 is 8.30. The highest BCUT2D eigenvalue weighted by Crippen LogP contribution is 2.21. The summed E-state index contributed by atoms with van der Waals surface area (Å²) in [5.41, 5.74) is 5.56. The number of para-hydroxylation sites is 2. The first kappa shape index (κ1) is 22.6. The molecule has 1 heterocycles. The molecule has 0 aliphatic heterocycles. The van der Waals surface area contributed by atoms with Crippen molar-refractivity contribution >= 4 is 16.9 Å². The SMILES string of the molecule is Cc1cccc(OCCCn2c(CCNC(=O)Cc3ccccc3)nc3ccccc32)c1C. The molecule has 1 aromatic heterocycles. The minimum Gasteiger partial charge on any atom is -0.493 e. The Hall–Kier alpha value is -3.60. The van der Waals surface area contributed by atoms with Crippen LogP contribution in [0.2, 0.25) is 0 Å². The first-order chi connectivity index (χ1) is 16.1. The molecular formula is C28H31N3O2. The fraction of sp³-hybridized carbons (Fsp3) is 0.286. The van der Waals surface area contributed by atoms with Gasteiger partial charge in [-0.2, -0.15) is 0 Å². The predicted molar refractivity (Wildman–Crippen MR) is 133 cm³/mol. The van der Waals surface area contributed by atoms with Gasteiger partial charge in [0, 0.05) is 19.5 Å². The molecule has 0 unspecified atom stereocenters. The quantitative estimate of drug-likeness (QED) is 0.352. The van der Waals surface area contributed by atoms with Gasteiger partial charge in [0.05, 0.1) is 24.1 Å². The van der Waals surface area contributed by atoms with Gasteiger partial charge in [0.15, 0.2) is 0 Å². The second kappa shape index (κ2) is 10.8. The van der Waals surface area contributed by atoms with Crippen LogP contribution in [0.4, 0.5) is 0 Å². The average Bonchev–Trinajstić information content (AvgIpc) is 3.17. The van der Waals surface area contributed by atoms with Crippen LogP contribution >= 0.6 is 0 Å². The molecule has 0 saturated carbocycles. The number of aromatic nitrogens is 2. The van der Waals surface area contributed by atoms with Crippen molar-refractivity contribution in [1.82, 2.24) is 14.9 Å². The summed E-state index contributed by atoms with van der Waals surface area (Å²) in [4.78, 5) is 17.1. The zero-order chi connectivity index (χ0) is 23.0. The third kappa shape index (κ3) is 5.80. The monoisotopic (exact) mass is 441 g/mol. The number of amides is 1. The molecule has 0 saturated heterocycles. The van der Waals surface area contributed by atoms with Crippen LogP contribution in [-0.2, 0) is 24.2 Å². The van der Waals surface area contributed by atoms with Crippen LogP contribution in [-0.4, -0.2) is 28.6 Å². The van der Waals surface area contributed by atoms with Gasteiger partial charge in [0.1, 0.15) is 11.6 Å². The summed E-state index contributed by atoms with van der Waals surface area (Å²) in [6, 6.07) is 24.2. The number of nitrogens with one attached hydrogen (secondary N) is 1. The summed E-state index contributed by atoms with van der Waals surface area (Å²) >= 11 is 0. The van der Waals surface area contributed by atoms with Gasteiger partial charge in [0.2, 0.25) is 5.91 Å². The summed E-state index contributed by atoms with van der Waals surface area (Å²) in [6.07, 6.45) is 1.96. The summed E-state index contributed by atoms with van der Waals surface area (Å²) in [5, 5.41) is 3.03. The van der Waals surface area contributed by atoms with E-state index >= 15 is 0 Å². The molecule has 3 aromatic carbocycles. The Morgan fingerprint density at radius 3 is 2.61 bits per heavy atom. The predicted octanol–water partition coefficient (Wildman–Crippen LogP) is 5.02. The normalized spacial score (nSPS) is 11.0. The third-order valence-electron chi connectivity index (χ3n) is 5.95. The fourth-order valence-electron chi connectivity index (χ4n) is 4.01. The topological polar surface area (TPSA) is 56.1 Å². The molecule has 4 rings (SSSR count). The number of aryl methyl sites for hydroxylation is 2. The molecule has 0 spiro atoms. The molecule has 170 valence electrons. The van der Waals surface area contributed by atoms with E-state index in [1.807, 2.05) is 60.7 Å². The summed E-state index contributed by atoms with van der Waals surface area (Å²) in [7, 11) is 0. The smallest absolute Gasteiger partial charge is 0.224 e. The van der Waals surface area contributed by atoms with E-state index in [9.17, 15) is 4.79 Å². The zero-order valence-corrected chi connectivity index (χ0v) is 19.4. The van der Waals surface area contributed by atoms with Crippen molar-refractivity contribution in [2.24, 2.45) is 0 Å². The molecule has 0 aliphatic rings. The van der Waals surface area contributed by atoms with Crippen molar-refractivity contribution < 1.29 is 9.53 Å². The molecule has 0 aliphatic carbocycles. The summed E-state index contributed by atoms with van der Waals surface area (Å²) in [5.74, 6) is 1.97. The van der Waals surface area contributed by atoms with Gasteiger partial charge in [0.25, 0.3) is 0 Å². The highest BCUT2D eigenvalue weighted by molar-refractivity contribution is 5.78. The van der Waals surface area contributed by atoms with Gasteiger partial charge < -0.3 is 14.6 Å². The largest absolute Gasteiger partial charge is 0.493 e. The van der Waals surface area contributed by atoms with Gasteiger partial charge >= 0.3 is 0 Å². The highest BCUT2D eigenvalue weighted by Gasteiger charge is 2.11. The molecule has 0 radical (unpaired) electrons. The van der Waals surface area contributed by atoms with E-state index in [1.54, 1.807) is 0 Å². The average molecular weight is 442 g/mol. The van der Waals surface area contributed by atoms with Crippen LogP contribution in [0, 0.1) is 13.8 Å². The number of hydrogen-bond donors (Lipinski definition) is 1. The van der Waals surface area contributed by atoms with E-state index in [1.165, 1.54) is 11.1 Å². The Bertz CT molecular complexity index is 1210. The number of rotatable bonds is 10. The van der Waals surface area contributed by atoms with E-state index in [0.717, 1.165) is 41.1 Å². The Balaban J connectivity index is 1.35. The van der Waals surface area contributed by atoms with E-state index in [4.69, 9.17) is 9.72 Å². The number of carbonyl (C=O) groups is 1. The van der Waals surface area contributed by atoms with E-state index in [-0.39, 0.29) is 5.91 Å². The van der Waals surface area contributed by atoms with Crippen LogP contribution in [0.1, 0.15) is 28.9 Å². The van der Waals surface area contributed by atoms with Gasteiger partial charge in [-0.15, -0.1) is 0 Å². The van der Waals surface area contributed by atoms with Crippen molar-refractivity contribution in [2.75, 3.05) is 13.2 Å². The molecule has 5 nitrogen and oxygen atoms in total. The first-order valence-corrected chi connectivity index (χ1v) is 11.6. The van der Waals surface area contributed by atoms with Crippen LogP contribution in [0.25, 0.3) is 11.0 Å². The molecule has 0 fully saturated rings. The van der Waals surface area contributed by atoms with Gasteiger partial charge in [-0.3, -0.25) is 4.79 Å². The molecule has 0 atom stereocenters. The first-order valence-electron chi connectivity index (χ1n) is 11.6. The lowest BCUT2D eigenvalue weighted by atomic mass is 10.1. The Morgan fingerprint density at radius 2 is 1.76 bits per heavy atom. The van der Waals surface area contributed by atoms with Gasteiger partial charge in [-0.05, 0) is 55.2 Å². The lowest BCUT2D eigenvalue weighted by Gasteiger charge is -2.13. The number of ether oxygens (including phenoxy) is 1. The maximum absolute atomic E-state index is 12.3. The zero-order valence-electron chi connectivity index (χ0n) is 19.4. The number of benzene rings is 3. The number of hydrogen-bond acceptors (Lipinski definition) is 3. The van der Waals surface area contributed by atoms with Crippen LogP contribution < -0.4 is 10.1 Å². The van der Waals surface area contributed by atoms with Crippen molar-refractivity contribution in [3.05, 3.63) is 95.3 Å². The number of fused-ring (bicyclic) bond motifs is 1. The highest BCUT2D eigenvalue weighted by atomic mass is 16.5. The number of nitrogens with zero attached hydrogens (tertiary/aromatic N) is 2. The lowest BCUT2D eigenvalue weighted by molar-refractivity contribution is -0.120. The molecular weight excluding hydrogens is 410 g/mol. The molecule has 4 aromatic rings. The molecule has 0 bridgehead atoms. The van der Waals surface area contributed by atoms with Crippen LogP contribution in [0.15, 0.2) is 72.8 Å². The second-order valence-corrected chi connectivity index (χ2v) is 8.33. The van der Waals surface area contributed by atoms with E-state index < -0.39 is 0 Å². The maximum atomic E-state index is 12.3. The minimum atomic E-state index is 0.0331. The Morgan fingerprint density at radius 1 is 0.970 bits per heavy atom.